The van der Waals surface area contributed by atoms with Gasteiger partial charge in [-0.15, -0.1) is 5.10 Å². The van der Waals surface area contributed by atoms with Gasteiger partial charge in [0.2, 0.25) is 4.80 Å². The van der Waals surface area contributed by atoms with E-state index in [0.717, 1.165) is 15.0 Å². The van der Waals surface area contributed by atoms with E-state index in [1.807, 2.05) is 35.9 Å². The molecule has 0 unspecified atom stereocenters. The number of fused-ring (bicyclic) bond motifs is 1. The second kappa shape index (κ2) is 7.96. The molecule has 0 saturated heterocycles. The molecule has 0 saturated carbocycles. The minimum atomic E-state index is -0.283. The second-order valence-electron chi connectivity index (χ2n) is 5.33. The summed E-state index contributed by atoms with van der Waals surface area (Å²) in [4.78, 5) is 13.1. The van der Waals surface area contributed by atoms with Crippen LogP contribution in [-0.4, -0.2) is 30.8 Å². The van der Waals surface area contributed by atoms with E-state index >= 15 is 0 Å². The molecule has 25 heavy (non-hydrogen) atoms. The molecule has 0 fully saturated rings. The zero-order chi connectivity index (χ0) is 17.6. The van der Waals surface area contributed by atoms with E-state index in [1.165, 1.54) is 11.3 Å². The van der Waals surface area contributed by atoms with Gasteiger partial charge in [-0.1, -0.05) is 29.5 Å². The molecule has 1 heterocycles. The van der Waals surface area contributed by atoms with E-state index in [9.17, 15) is 4.79 Å². The van der Waals surface area contributed by atoms with Crippen molar-refractivity contribution in [3.05, 3.63) is 58.9 Å². The van der Waals surface area contributed by atoms with Gasteiger partial charge in [-0.2, -0.15) is 0 Å². The van der Waals surface area contributed by atoms with Crippen LogP contribution < -0.4 is 15.0 Å². The summed E-state index contributed by atoms with van der Waals surface area (Å²) in [6.07, 6.45) is 0. The number of ether oxygens (including phenoxy) is 2. The molecule has 1 N–H and O–H groups in total. The van der Waals surface area contributed by atoms with Crippen LogP contribution >= 0.6 is 11.3 Å². The Bertz CT molecular complexity index is 946. The predicted molar refractivity (Wildman–Crippen MR) is 97.6 cm³/mol. The average Bonchev–Trinajstić information content (AvgIpc) is 2.96. The maximum atomic E-state index is 12.3. The average molecular weight is 357 g/mol. The third-order valence-corrected chi connectivity index (χ3v) is 4.73. The third-order valence-electron chi connectivity index (χ3n) is 3.62. The van der Waals surface area contributed by atoms with Gasteiger partial charge in [-0.25, -0.2) is 5.43 Å². The van der Waals surface area contributed by atoms with Gasteiger partial charge in [0.15, 0.2) is 0 Å². The quantitative estimate of drug-likeness (QED) is 0.545. The fraction of sp³-hybridized carbons (Fsp3) is 0.222. The van der Waals surface area contributed by atoms with Gasteiger partial charge in [0.05, 0.1) is 16.8 Å². The Morgan fingerprint density at radius 2 is 2.04 bits per heavy atom. The predicted octanol–water partition coefficient (Wildman–Crippen LogP) is 2.51. The van der Waals surface area contributed by atoms with Gasteiger partial charge in [0.25, 0.3) is 5.91 Å². The van der Waals surface area contributed by atoms with Crippen LogP contribution in [0, 0.1) is 0 Å². The lowest BCUT2D eigenvalue weighted by molar-refractivity contribution is 0.0952. The SMILES string of the molecule is COCCOc1cccc(C(=O)N/N=c2/sc3ccccc3n2C)c1. The fourth-order valence-corrected chi connectivity index (χ4v) is 3.30. The van der Waals surface area contributed by atoms with Crippen LogP contribution in [0.1, 0.15) is 10.4 Å². The Kier molecular flexibility index (Phi) is 5.47. The van der Waals surface area contributed by atoms with E-state index in [4.69, 9.17) is 9.47 Å². The first-order chi connectivity index (χ1) is 12.2. The van der Waals surface area contributed by atoms with Crippen molar-refractivity contribution in [2.45, 2.75) is 0 Å². The number of rotatable bonds is 6. The first-order valence-electron chi connectivity index (χ1n) is 7.79. The van der Waals surface area contributed by atoms with Crippen LogP contribution in [-0.2, 0) is 11.8 Å². The largest absolute Gasteiger partial charge is 0.491 e. The van der Waals surface area contributed by atoms with Crippen LogP contribution in [0.25, 0.3) is 10.2 Å². The molecule has 7 heteroatoms. The normalized spacial score (nSPS) is 11.7. The van der Waals surface area contributed by atoms with Gasteiger partial charge in [-0.05, 0) is 30.3 Å². The number of benzene rings is 2. The summed E-state index contributed by atoms with van der Waals surface area (Å²) in [6.45, 7) is 0.928. The third kappa shape index (κ3) is 4.07. The summed E-state index contributed by atoms with van der Waals surface area (Å²) in [5.74, 6) is 0.340. The van der Waals surface area contributed by atoms with Crippen LogP contribution in [0.2, 0.25) is 0 Å². The van der Waals surface area contributed by atoms with Gasteiger partial charge >= 0.3 is 0 Å². The van der Waals surface area contributed by atoms with Crippen molar-refractivity contribution >= 4 is 27.5 Å². The molecule has 0 aliphatic carbocycles. The van der Waals surface area contributed by atoms with Crippen LogP contribution in [0.4, 0.5) is 0 Å². The number of aromatic nitrogens is 1. The van der Waals surface area contributed by atoms with Gasteiger partial charge in [-0.3, -0.25) is 4.79 Å². The van der Waals surface area contributed by atoms with Crippen molar-refractivity contribution in [3.8, 4) is 5.75 Å². The number of hydrogen-bond acceptors (Lipinski definition) is 5. The maximum Gasteiger partial charge on any atom is 0.271 e. The zero-order valence-corrected chi connectivity index (χ0v) is 14.9. The minimum Gasteiger partial charge on any atom is -0.491 e. The Balaban J connectivity index is 1.75. The standard InChI is InChI=1S/C18H19N3O3S/c1-21-15-8-3-4-9-16(15)25-18(21)20-19-17(22)13-6-5-7-14(12-13)24-11-10-23-2/h3-9,12H,10-11H2,1-2H3,(H,19,22)/b20-18+. The Morgan fingerprint density at radius 3 is 2.84 bits per heavy atom. The maximum absolute atomic E-state index is 12.3. The molecule has 0 aliphatic heterocycles. The van der Waals surface area contributed by atoms with Crippen molar-refractivity contribution < 1.29 is 14.3 Å². The number of amides is 1. The molecule has 2 aromatic carbocycles. The number of carbonyl (C=O) groups excluding carboxylic acids is 1. The van der Waals surface area contributed by atoms with Crippen molar-refractivity contribution in [3.63, 3.8) is 0 Å². The first-order valence-corrected chi connectivity index (χ1v) is 8.61. The topological polar surface area (TPSA) is 64.8 Å². The highest BCUT2D eigenvalue weighted by molar-refractivity contribution is 7.16. The molecule has 130 valence electrons. The van der Waals surface area contributed by atoms with Crippen molar-refractivity contribution in [2.24, 2.45) is 12.1 Å². The lowest BCUT2D eigenvalue weighted by Crippen LogP contribution is -2.23. The summed E-state index contributed by atoms with van der Waals surface area (Å²) in [5.41, 5.74) is 4.17. The number of para-hydroxylation sites is 1. The van der Waals surface area contributed by atoms with Gasteiger partial charge in [0, 0.05) is 19.7 Å². The molecular formula is C18H19N3O3S. The minimum absolute atomic E-state index is 0.283. The Labute approximate surface area is 149 Å². The number of nitrogens with zero attached hydrogens (tertiary/aromatic N) is 2. The fourth-order valence-electron chi connectivity index (χ4n) is 2.32. The van der Waals surface area contributed by atoms with Crippen LogP contribution in [0.5, 0.6) is 5.75 Å². The molecule has 0 radical (unpaired) electrons. The molecule has 1 aromatic heterocycles. The number of methoxy groups -OCH3 is 1. The van der Waals surface area contributed by atoms with Gasteiger partial charge in [0.1, 0.15) is 12.4 Å². The number of aryl methyl sites for hydroxylation is 1. The molecule has 0 bridgehead atoms. The highest BCUT2D eigenvalue weighted by Gasteiger charge is 2.07. The lowest BCUT2D eigenvalue weighted by Gasteiger charge is -2.06. The molecule has 0 atom stereocenters. The molecule has 0 spiro atoms. The molecular weight excluding hydrogens is 338 g/mol. The summed E-state index contributed by atoms with van der Waals surface area (Å²) in [7, 11) is 3.54. The number of carbonyl (C=O) groups is 1. The molecule has 1 amide bonds. The number of nitrogens with one attached hydrogen (secondary N) is 1. The van der Waals surface area contributed by atoms with Crippen LogP contribution in [0.15, 0.2) is 53.6 Å². The second-order valence-corrected chi connectivity index (χ2v) is 6.34. The summed E-state index contributed by atoms with van der Waals surface area (Å²) < 4.78 is 13.5. The Morgan fingerprint density at radius 1 is 1.20 bits per heavy atom. The Hall–Kier alpha value is -2.64. The van der Waals surface area contributed by atoms with Crippen molar-refractivity contribution in [1.82, 2.24) is 9.99 Å². The van der Waals surface area contributed by atoms with Crippen LogP contribution in [0.3, 0.4) is 0 Å². The van der Waals surface area contributed by atoms with E-state index in [0.29, 0.717) is 24.5 Å². The monoisotopic (exact) mass is 357 g/mol. The van der Waals surface area contributed by atoms with E-state index in [2.05, 4.69) is 10.5 Å². The summed E-state index contributed by atoms with van der Waals surface area (Å²) >= 11 is 1.52. The van der Waals surface area contributed by atoms with E-state index in [-0.39, 0.29) is 5.91 Å². The van der Waals surface area contributed by atoms with Crippen molar-refractivity contribution in [1.29, 1.82) is 0 Å². The van der Waals surface area contributed by atoms with E-state index < -0.39 is 0 Å². The van der Waals surface area contributed by atoms with Crippen molar-refractivity contribution in [2.75, 3.05) is 20.3 Å². The molecule has 6 nitrogen and oxygen atoms in total. The highest BCUT2D eigenvalue weighted by Crippen LogP contribution is 2.15. The van der Waals surface area contributed by atoms with E-state index in [1.54, 1.807) is 31.4 Å². The first kappa shape index (κ1) is 17.2. The summed E-state index contributed by atoms with van der Waals surface area (Å²) in [6, 6.07) is 15.0. The number of thiazole rings is 1. The lowest BCUT2D eigenvalue weighted by atomic mass is 10.2. The molecule has 3 rings (SSSR count). The summed E-state index contributed by atoms with van der Waals surface area (Å²) in [5, 5.41) is 4.25. The number of hydrogen-bond donors (Lipinski definition) is 1. The zero-order valence-electron chi connectivity index (χ0n) is 14.1. The highest BCUT2D eigenvalue weighted by atomic mass is 32.1. The smallest absolute Gasteiger partial charge is 0.271 e. The molecule has 3 aromatic rings. The molecule has 0 aliphatic rings. The van der Waals surface area contributed by atoms with Gasteiger partial charge < -0.3 is 14.0 Å².